The Hall–Kier alpha value is -2.43. The van der Waals surface area contributed by atoms with Crippen LogP contribution in [-0.2, 0) is 0 Å². The monoisotopic (exact) mass is 226 g/mol. The van der Waals surface area contributed by atoms with Crippen molar-refractivity contribution >= 4 is 16.9 Å². The average Bonchev–Trinajstić information content (AvgIpc) is 2.74. The van der Waals surface area contributed by atoms with Crippen LogP contribution in [-0.4, -0.2) is 15.0 Å². The molecule has 0 saturated heterocycles. The molecule has 0 atom stereocenters. The van der Waals surface area contributed by atoms with Crippen molar-refractivity contribution in [2.45, 2.75) is 6.92 Å². The fourth-order valence-corrected chi connectivity index (χ4v) is 1.73. The van der Waals surface area contributed by atoms with Crippen molar-refractivity contribution in [1.82, 2.24) is 15.0 Å². The molecule has 5 heteroatoms. The Labute approximate surface area is 97.3 Å². The van der Waals surface area contributed by atoms with E-state index in [1.165, 1.54) is 0 Å². The van der Waals surface area contributed by atoms with Crippen LogP contribution in [0.3, 0.4) is 0 Å². The minimum Gasteiger partial charge on any atom is -0.450 e. The van der Waals surface area contributed by atoms with E-state index in [-0.39, 0.29) is 0 Å². The van der Waals surface area contributed by atoms with Crippen molar-refractivity contribution in [3.8, 4) is 11.3 Å². The van der Waals surface area contributed by atoms with Crippen molar-refractivity contribution in [1.29, 1.82) is 0 Å². The summed E-state index contributed by atoms with van der Waals surface area (Å²) in [5.74, 6) is 1.72. The van der Waals surface area contributed by atoms with E-state index in [2.05, 4.69) is 15.0 Å². The van der Waals surface area contributed by atoms with Crippen LogP contribution in [0.2, 0.25) is 0 Å². The van der Waals surface area contributed by atoms with Gasteiger partial charge >= 0.3 is 0 Å². The van der Waals surface area contributed by atoms with Crippen LogP contribution in [0.4, 0.5) is 5.82 Å². The first kappa shape index (κ1) is 9.77. The fourth-order valence-electron chi connectivity index (χ4n) is 1.73. The van der Waals surface area contributed by atoms with E-state index < -0.39 is 0 Å². The molecule has 0 aliphatic carbocycles. The third-order valence-corrected chi connectivity index (χ3v) is 2.47. The van der Waals surface area contributed by atoms with Crippen molar-refractivity contribution in [2.75, 3.05) is 5.73 Å². The first-order valence-electron chi connectivity index (χ1n) is 5.18. The Morgan fingerprint density at radius 3 is 2.71 bits per heavy atom. The lowest BCUT2D eigenvalue weighted by atomic mass is 10.2. The van der Waals surface area contributed by atoms with Gasteiger partial charge in [-0.2, -0.15) is 0 Å². The molecule has 3 rings (SSSR count). The molecule has 2 N–H and O–H groups in total. The normalized spacial score (nSPS) is 10.9. The molecule has 17 heavy (non-hydrogen) atoms. The second-order valence-electron chi connectivity index (χ2n) is 3.72. The maximum Gasteiger partial charge on any atom is 0.195 e. The van der Waals surface area contributed by atoms with Crippen LogP contribution in [0.1, 0.15) is 5.82 Å². The predicted octanol–water partition coefficient (Wildman–Crippen LogP) is 2.18. The lowest BCUT2D eigenvalue weighted by Gasteiger charge is -1.95. The number of nitrogen functional groups attached to an aromatic ring is 1. The number of fused-ring (bicyclic) bond motifs is 1. The molecule has 84 valence electrons. The smallest absolute Gasteiger partial charge is 0.195 e. The highest BCUT2D eigenvalue weighted by Crippen LogP contribution is 2.28. The molecule has 0 bridgehead atoms. The molecule has 3 aromatic rings. The maximum absolute atomic E-state index is 5.79. The van der Waals surface area contributed by atoms with Gasteiger partial charge in [0.25, 0.3) is 0 Å². The van der Waals surface area contributed by atoms with Crippen molar-refractivity contribution in [3.05, 3.63) is 36.4 Å². The molecule has 0 unspecified atom stereocenters. The number of aromatic nitrogens is 3. The van der Waals surface area contributed by atoms with E-state index in [1.54, 1.807) is 19.3 Å². The standard InChI is InChI=1S/C12H10N4O/c1-7-15-9-6-10(8-2-4-14-5-3-8)17-11(9)12(13)16-7/h2-6H,1H3,(H2,13,15,16). The molecular formula is C12H10N4O. The molecule has 5 nitrogen and oxygen atoms in total. The van der Waals surface area contributed by atoms with Gasteiger partial charge in [-0.15, -0.1) is 0 Å². The second-order valence-corrected chi connectivity index (χ2v) is 3.72. The Morgan fingerprint density at radius 1 is 1.18 bits per heavy atom. The quantitative estimate of drug-likeness (QED) is 0.688. The number of anilines is 1. The van der Waals surface area contributed by atoms with E-state index in [0.717, 1.165) is 11.1 Å². The SMILES string of the molecule is Cc1nc(N)c2oc(-c3ccncc3)cc2n1. The first-order chi connectivity index (χ1) is 8.24. The van der Waals surface area contributed by atoms with Crippen LogP contribution in [0.15, 0.2) is 35.0 Å². The third-order valence-electron chi connectivity index (χ3n) is 2.47. The zero-order chi connectivity index (χ0) is 11.8. The Bertz CT molecular complexity index is 676. The molecule has 3 heterocycles. The average molecular weight is 226 g/mol. The Balaban J connectivity index is 2.24. The zero-order valence-corrected chi connectivity index (χ0v) is 9.21. The van der Waals surface area contributed by atoms with Gasteiger partial charge in [-0.3, -0.25) is 4.98 Å². The largest absolute Gasteiger partial charge is 0.450 e. The maximum atomic E-state index is 5.79. The molecular weight excluding hydrogens is 216 g/mol. The molecule has 0 aliphatic rings. The van der Waals surface area contributed by atoms with E-state index in [1.807, 2.05) is 18.2 Å². The van der Waals surface area contributed by atoms with E-state index >= 15 is 0 Å². The van der Waals surface area contributed by atoms with Gasteiger partial charge in [-0.1, -0.05) is 0 Å². The number of pyridine rings is 1. The van der Waals surface area contributed by atoms with Gasteiger partial charge < -0.3 is 10.2 Å². The minimum absolute atomic E-state index is 0.368. The van der Waals surface area contributed by atoms with E-state index in [4.69, 9.17) is 10.2 Å². The summed E-state index contributed by atoms with van der Waals surface area (Å²) in [5.41, 5.74) is 7.99. The summed E-state index contributed by atoms with van der Waals surface area (Å²) in [6.45, 7) is 1.80. The van der Waals surface area contributed by atoms with Crippen LogP contribution >= 0.6 is 0 Å². The topological polar surface area (TPSA) is 77.8 Å². The molecule has 0 aromatic carbocycles. The summed E-state index contributed by atoms with van der Waals surface area (Å²) < 4.78 is 5.66. The fraction of sp³-hybridized carbons (Fsp3) is 0.0833. The number of furan rings is 1. The van der Waals surface area contributed by atoms with E-state index in [0.29, 0.717) is 23.0 Å². The van der Waals surface area contributed by atoms with Crippen LogP contribution < -0.4 is 5.73 Å². The van der Waals surface area contributed by atoms with Crippen LogP contribution in [0.25, 0.3) is 22.4 Å². The molecule has 0 spiro atoms. The Morgan fingerprint density at radius 2 is 1.94 bits per heavy atom. The summed E-state index contributed by atoms with van der Waals surface area (Å²) in [5, 5.41) is 0. The molecule has 0 aliphatic heterocycles. The van der Waals surface area contributed by atoms with Crippen molar-refractivity contribution in [3.63, 3.8) is 0 Å². The van der Waals surface area contributed by atoms with Crippen molar-refractivity contribution in [2.24, 2.45) is 0 Å². The number of aryl methyl sites for hydroxylation is 1. The minimum atomic E-state index is 0.368. The first-order valence-corrected chi connectivity index (χ1v) is 5.18. The Kier molecular flexibility index (Phi) is 2.04. The van der Waals surface area contributed by atoms with Gasteiger partial charge in [-0.25, -0.2) is 9.97 Å². The lowest BCUT2D eigenvalue weighted by Crippen LogP contribution is -1.94. The number of hydrogen-bond acceptors (Lipinski definition) is 5. The summed E-state index contributed by atoms with van der Waals surface area (Å²) in [4.78, 5) is 12.3. The summed E-state index contributed by atoms with van der Waals surface area (Å²) in [6, 6.07) is 5.60. The molecule has 0 saturated carbocycles. The molecule has 0 fully saturated rings. The van der Waals surface area contributed by atoms with Gasteiger partial charge in [0.1, 0.15) is 17.1 Å². The highest BCUT2D eigenvalue weighted by atomic mass is 16.3. The third kappa shape index (κ3) is 1.61. The summed E-state index contributed by atoms with van der Waals surface area (Å²) >= 11 is 0. The summed E-state index contributed by atoms with van der Waals surface area (Å²) in [7, 11) is 0. The second kappa shape index (κ2) is 3.55. The predicted molar refractivity (Wildman–Crippen MR) is 64.2 cm³/mol. The van der Waals surface area contributed by atoms with Gasteiger partial charge in [0.15, 0.2) is 11.4 Å². The van der Waals surface area contributed by atoms with Gasteiger partial charge in [-0.05, 0) is 19.1 Å². The number of rotatable bonds is 1. The highest BCUT2D eigenvalue weighted by Gasteiger charge is 2.11. The van der Waals surface area contributed by atoms with Gasteiger partial charge in [0, 0.05) is 24.0 Å². The zero-order valence-electron chi connectivity index (χ0n) is 9.21. The van der Waals surface area contributed by atoms with E-state index in [9.17, 15) is 0 Å². The van der Waals surface area contributed by atoms with Crippen LogP contribution in [0, 0.1) is 6.92 Å². The molecule has 0 radical (unpaired) electrons. The molecule has 3 aromatic heterocycles. The summed E-state index contributed by atoms with van der Waals surface area (Å²) in [6.07, 6.45) is 3.42. The molecule has 0 amide bonds. The van der Waals surface area contributed by atoms with Crippen LogP contribution in [0.5, 0.6) is 0 Å². The number of nitrogens with zero attached hydrogens (tertiary/aromatic N) is 3. The number of hydrogen-bond donors (Lipinski definition) is 1. The van der Waals surface area contributed by atoms with Gasteiger partial charge in [0.05, 0.1) is 0 Å². The van der Waals surface area contributed by atoms with Gasteiger partial charge in [0.2, 0.25) is 0 Å². The highest BCUT2D eigenvalue weighted by molar-refractivity contribution is 5.86. The number of nitrogens with two attached hydrogens (primary N) is 1. The van der Waals surface area contributed by atoms with Crippen molar-refractivity contribution < 1.29 is 4.42 Å². The lowest BCUT2D eigenvalue weighted by molar-refractivity contribution is 0.630.